The topological polar surface area (TPSA) is 55.1 Å². The zero-order valence-electron chi connectivity index (χ0n) is 10.8. The number of aliphatic carboxylic acids is 1. The highest BCUT2D eigenvalue weighted by atomic mass is 16.4. The van der Waals surface area contributed by atoms with Crippen LogP contribution in [0.4, 0.5) is 0 Å². The van der Waals surface area contributed by atoms with Gasteiger partial charge in [-0.3, -0.25) is 4.79 Å². The van der Waals surface area contributed by atoms with Crippen molar-refractivity contribution in [1.82, 2.24) is 9.55 Å². The number of hydrogen-bond donors (Lipinski definition) is 1. The van der Waals surface area contributed by atoms with Gasteiger partial charge in [-0.1, -0.05) is 13.0 Å². The number of aryl methyl sites for hydroxylation is 3. The molecule has 0 saturated heterocycles. The number of carboxylic acids is 1. The van der Waals surface area contributed by atoms with Crippen LogP contribution in [-0.2, 0) is 24.7 Å². The normalized spacial score (nSPS) is 11.0. The number of carboxylic acid groups (broad SMARTS) is 1. The number of nitrogens with zero attached hydrogens (tertiary/aromatic N) is 2. The van der Waals surface area contributed by atoms with Crippen molar-refractivity contribution in [3.8, 4) is 0 Å². The van der Waals surface area contributed by atoms with E-state index in [2.05, 4.69) is 34.7 Å². The molecule has 1 aromatic carbocycles. The van der Waals surface area contributed by atoms with E-state index in [9.17, 15) is 4.79 Å². The van der Waals surface area contributed by atoms with Gasteiger partial charge in [-0.2, -0.15) is 0 Å². The molecule has 0 aliphatic rings. The number of imidazole rings is 1. The van der Waals surface area contributed by atoms with Gasteiger partial charge in [0.05, 0.1) is 11.0 Å². The Kier molecular flexibility index (Phi) is 3.65. The number of aromatic nitrogens is 2. The van der Waals surface area contributed by atoms with Crippen molar-refractivity contribution >= 4 is 17.0 Å². The van der Waals surface area contributed by atoms with Crippen LogP contribution < -0.4 is 0 Å². The molecule has 1 N–H and O–H groups in total. The molecule has 1 aromatic heterocycles. The molecule has 2 rings (SSSR count). The molecule has 18 heavy (non-hydrogen) atoms. The Morgan fingerprint density at radius 3 is 2.89 bits per heavy atom. The van der Waals surface area contributed by atoms with Crippen LogP contribution in [0.5, 0.6) is 0 Å². The lowest BCUT2D eigenvalue weighted by atomic mass is 10.1. The first kappa shape index (κ1) is 12.6. The van der Waals surface area contributed by atoms with Gasteiger partial charge in [0.25, 0.3) is 0 Å². The molecule has 0 bridgehead atoms. The Hall–Kier alpha value is -1.84. The molecule has 96 valence electrons. The third kappa shape index (κ3) is 2.53. The molecular weight excluding hydrogens is 228 g/mol. The molecule has 0 radical (unpaired) electrons. The molecule has 2 aromatic rings. The largest absolute Gasteiger partial charge is 0.481 e. The van der Waals surface area contributed by atoms with Gasteiger partial charge in [0, 0.05) is 19.9 Å². The lowest BCUT2D eigenvalue weighted by Gasteiger charge is -2.01. The smallest absolute Gasteiger partial charge is 0.303 e. The van der Waals surface area contributed by atoms with Gasteiger partial charge in [-0.15, -0.1) is 0 Å². The van der Waals surface area contributed by atoms with Gasteiger partial charge < -0.3 is 9.67 Å². The van der Waals surface area contributed by atoms with E-state index in [1.807, 2.05) is 7.05 Å². The van der Waals surface area contributed by atoms with Gasteiger partial charge >= 0.3 is 5.97 Å². The summed E-state index contributed by atoms with van der Waals surface area (Å²) >= 11 is 0. The fraction of sp³-hybridized carbons (Fsp3) is 0.429. The molecule has 4 nitrogen and oxygen atoms in total. The van der Waals surface area contributed by atoms with Crippen LogP contribution in [0.1, 0.15) is 31.2 Å². The third-order valence-electron chi connectivity index (χ3n) is 3.24. The first-order chi connectivity index (χ1) is 8.61. The Morgan fingerprint density at radius 1 is 1.44 bits per heavy atom. The van der Waals surface area contributed by atoms with Crippen molar-refractivity contribution in [2.45, 2.75) is 32.6 Å². The van der Waals surface area contributed by atoms with Crippen molar-refractivity contribution in [2.24, 2.45) is 7.05 Å². The van der Waals surface area contributed by atoms with E-state index in [0.717, 1.165) is 23.3 Å². The Morgan fingerprint density at radius 2 is 2.22 bits per heavy atom. The summed E-state index contributed by atoms with van der Waals surface area (Å²) in [5, 5.41) is 8.64. The molecule has 0 saturated carbocycles. The Labute approximate surface area is 106 Å². The van der Waals surface area contributed by atoms with Crippen LogP contribution in [0.25, 0.3) is 11.0 Å². The average Bonchev–Trinajstić information content (AvgIpc) is 2.65. The molecule has 4 heteroatoms. The second kappa shape index (κ2) is 5.21. The van der Waals surface area contributed by atoms with Crippen LogP contribution in [-0.4, -0.2) is 20.6 Å². The number of fused-ring (bicyclic) bond motifs is 1. The van der Waals surface area contributed by atoms with Crippen molar-refractivity contribution in [3.63, 3.8) is 0 Å². The number of benzene rings is 1. The SMILES string of the molecule is CCc1ccc2c(c1)nc(CCCC(=O)O)n2C. The maximum absolute atomic E-state index is 10.5. The van der Waals surface area contributed by atoms with Crippen LogP contribution in [0.15, 0.2) is 18.2 Å². The first-order valence-electron chi connectivity index (χ1n) is 6.28. The van der Waals surface area contributed by atoms with Crippen molar-refractivity contribution in [2.75, 3.05) is 0 Å². The summed E-state index contributed by atoms with van der Waals surface area (Å²) in [6.45, 7) is 2.12. The van der Waals surface area contributed by atoms with E-state index in [4.69, 9.17) is 5.11 Å². The predicted molar refractivity (Wildman–Crippen MR) is 70.7 cm³/mol. The van der Waals surface area contributed by atoms with E-state index < -0.39 is 5.97 Å². The Balaban J connectivity index is 2.23. The zero-order chi connectivity index (χ0) is 13.1. The summed E-state index contributed by atoms with van der Waals surface area (Å²) in [6.07, 6.45) is 2.54. The van der Waals surface area contributed by atoms with E-state index in [1.165, 1.54) is 5.56 Å². The molecule has 0 fully saturated rings. The molecule has 0 aliphatic heterocycles. The van der Waals surface area contributed by atoms with Crippen LogP contribution in [0.2, 0.25) is 0 Å². The molecule has 0 unspecified atom stereocenters. The third-order valence-corrected chi connectivity index (χ3v) is 3.24. The highest BCUT2D eigenvalue weighted by Gasteiger charge is 2.08. The maximum atomic E-state index is 10.5. The van der Waals surface area contributed by atoms with E-state index in [1.54, 1.807) is 0 Å². The van der Waals surface area contributed by atoms with Gasteiger partial charge in [-0.05, 0) is 30.5 Å². The van der Waals surface area contributed by atoms with E-state index in [-0.39, 0.29) is 6.42 Å². The summed E-state index contributed by atoms with van der Waals surface area (Å²) in [6, 6.07) is 6.31. The second-order valence-electron chi connectivity index (χ2n) is 4.51. The van der Waals surface area contributed by atoms with Gasteiger partial charge in [0.2, 0.25) is 0 Å². The van der Waals surface area contributed by atoms with Gasteiger partial charge in [0.15, 0.2) is 0 Å². The van der Waals surface area contributed by atoms with Gasteiger partial charge in [-0.25, -0.2) is 4.98 Å². The molecule has 0 amide bonds. The summed E-state index contributed by atoms with van der Waals surface area (Å²) in [5.41, 5.74) is 3.39. The summed E-state index contributed by atoms with van der Waals surface area (Å²) in [5.74, 6) is 0.210. The first-order valence-corrected chi connectivity index (χ1v) is 6.28. The number of carbonyl (C=O) groups is 1. The lowest BCUT2D eigenvalue weighted by molar-refractivity contribution is -0.137. The summed E-state index contributed by atoms with van der Waals surface area (Å²) < 4.78 is 2.05. The minimum atomic E-state index is -0.748. The summed E-state index contributed by atoms with van der Waals surface area (Å²) in [7, 11) is 1.98. The van der Waals surface area contributed by atoms with Crippen molar-refractivity contribution < 1.29 is 9.90 Å². The van der Waals surface area contributed by atoms with E-state index >= 15 is 0 Å². The van der Waals surface area contributed by atoms with Crippen LogP contribution >= 0.6 is 0 Å². The molecule has 0 spiro atoms. The molecule has 1 heterocycles. The molecule has 0 atom stereocenters. The average molecular weight is 246 g/mol. The van der Waals surface area contributed by atoms with Crippen molar-refractivity contribution in [1.29, 1.82) is 0 Å². The lowest BCUT2D eigenvalue weighted by Crippen LogP contribution is -2.01. The number of hydrogen-bond acceptors (Lipinski definition) is 2. The number of rotatable bonds is 5. The maximum Gasteiger partial charge on any atom is 0.303 e. The highest BCUT2D eigenvalue weighted by Crippen LogP contribution is 2.18. The Bertz CT molecular complexity index is 572. The molecular formula is C14H18N2O2. The zero-order valence-corrected chi connectivity index (χ0v) is 10.8. The quantitative estimate of drug-likeness (QED) is 0.882. The van der Waals surface area contributed by atoms with Crippen LogP contribution in [0.3, 0.4) is 0 Å². The molecule has 0 aliphatic carbocycles. The monoisotopic (exact) mass is 246 g/mol. The van der Waals surface area contributed by atoms with Crippen LogP contribution in [0, 0.1) is 0 Å². The standard InChI is InChI=1S/C14H18N2O2/c1-3-10-7-8-12-11(9-10)15-13(16(12)2)5-4-6-14(17)18/h7-9H,3-6H2,1-2H3,(H,17,18). The minimum Gasteiger partial charge on any atom is -0.481 e. The van der Waals surface area contributed by atoms with Crippen molar-refractivity contribution in [3.05, 3.63) is 29.6 Å². The fourth-order valence-corrected chi connectivity index (χ4v) is 2.14. The second-order valence-corrected chi connectivity index (χ2v) is 4.51. The van der Waals surface area contributed by atoms with Gasteiger partial charge in [0.1, 0.15) is 5.82 Å². The summed E-state index contributed by atoms with van der Waals surface area (Å²) in [4.78, 5) is 15.1. The minimum absolute atomic E-state index is 0.198. The van der Waals surface area contributed by atoms with E-state index in [0.29, 0.717) is 12.8 Å². The predicted octanol–water partition coefficient (Wildman–Crippen LogP) is 2.54. The fourth-order valence-electron chi connectivity index (χ4n) is 2.14. The highest BCUT2D eigenvalue weighted by molar-refractivity contribution is 5.76.